The molecule has 1 amide bonds. The first-order valence-corrected chi connectivity index (χ1v) is 10.3. The van der Waals surface area contributed by atoms with Crippen LogP contribution in [0.4, 0.5) is 11.5 Å². The molecule has 6 N–H and O–H groups in total. The lowest BCUT2D eigenvalue weighted by Gasteiger charge is -2.10. The number of carbonyl (C=O) groups is 1. The van der Waals surface area contributed by atoms with Crippen molar-refractivity contribution in [2.75, 3.05) is 17.2 Å². The van der Waals surface area contributed by atoms with Crippen LogP contribution in [0.1, 0.15) is 19.4 Å². The first-order chi connectivity index (χ1) is 15.4. The fraction of sp³-hybridized carbons (Fsp3) is 0.208. The van der Waals surface area contributed by atoms with Crippen LogP contribution in [0.2, 0.25) is 0 Å². The van der Waals surface area contributed by atoms with E-state index in [-0.39, 0.29) is 18.4 Å². The smallest absolute Gasteiger partial charge is 0.250 e. The van der Waals surface area contributed by atoms with Gasteiger partial charge in [-0.1, -0.05) is 44.2 Å². The lowest BCUT2D eigenvalue weighted by molar-refractivity contribution is -0.121. The van der Waals surface area contributed by atoms with E-state index in [1.165, 1.54) is 6.20 Å². The predicted octanol–water partition coefficient (Wildman–Crippen LogP) is 3.50. The van der Waals surface area contributed by atoms with E-state index >= 15 is 0 Å². The fourth-order valence-corrected chi connectivity index (χ4v) is 2.95. The van der Waals surface area contributed by atoms with E-state index in [0.717, 1.165) is 11.1 Å². The number of nitrogens with zero attached hydrogens (tertiary/aromatic N) is 2. The number of ether oxygens (including phenoxy) is 1. The molecule has 0 saturated heterocycles. The van der Waals surface area contributed by atoms with Gasteiger partial charge in [0, 0.05) is 0 Å². The average Bonchev–Trinajstić information content (AvgIpc) is 2.77. The molecule has 2 aromatic heterocycles. The summed E-state index contributed by atoms with van der Waals surface area (Å²) in [7, 11) is 0. The van der Waals surface area contributed by atoms with Gasteiger partial charge >= 0.3 is 0 Å². The zero-order valence-electron chi connectivity index (χ0n) is 18.2. The number of nitrogens with two attached hydrogens (primary N) is 2. The van der Waals surface area contributed by atoms with Crippen molar-refractivity contribution in [1.82, 2.24) is 9.97 Å². The van der Waals surface area contributed by atoms with Crippen LogP contribution in [0.25, 0.3) is 11.0 Å². The molecule has 0 spiro atoms. The molecule has 0 radical (unpaired) electrons. The van der Waals surface area contributed by atoms with E-state index in [9.17, 15) is 4.79 Å². The minimum absolute atomic E-state index is 0.0594. The highest BCUT2D eigenvalue weighted by atomic mass is 16.5. The molecule has 0 aliphatic rings. The van der Waals surface area contributed by atoms with Crippen LogP contribution in [-0.2, 0) is 16.1 Å². The predicted molar refractivity (Wildman–Crippen MR) is 127 cm³/mol. The first-order valence-electron chi connectivity index (χ1n) is 10.3. The summed E-state index contributed by atoms with van der Waals surface area (Å²) in [6.07, 6.45) is 4.90. The Bertz CT molecular complexity index is 1130. The Morgan fingerprint density at radius 1 is 1.12 bits per heavy atom. The Morgan fingerprint density at radius 2 is 1.91 bits per heavy atom. The highest BCUT2D eigenvalue weighted by molar-refractivity contribution is 5.93. The van der Waals surface area contributed by atoms with E-state index in [2.05, 4.69) is 20.6 Å². The van der Waals surface area contributed by atoms with Crippen molar-refractivity contribution in [1.29, 1.82) is 0 Å². The zero-order chi connectivity index (χ0) is 22.9. The van der Waals surface area contributed by atoms with Crippen LogP contribution in [0.3, 0.4) is 0 Å². The number of pyridine rings is 2. The normalized spacial score (nSPS) is 12.2. The van der Waals surface area contributed by atoms with Crippen molar-refractivity contribution in [2.24, 2.45) is 17.4 Å². The molecule has 2 heterocycles. The SMILES string of the molecule is CC(C)C(=C/N)/C=C(\N)Nc1ccc2ncc(NC(=O)COCc3ccccc3)cc2n1. The third-order valence-corrected chi connectivity index (χ3v) is 4.62. The van der Waals surface area contributed by atoms with Crippen molar-refractivity contribution >= 4 is 28.4 Å². The summed E-state index contributed by atoms with van der Waals surface area (Å²) in [6, 6.07) is 15.0. The summed E-state index contributed by atoms with van der Waals surface area (Å²) in [6.45, 7) is 4.37. The van der Waals surface area contributed by atoms with Crippen LogP contribution in [0.15, 0.2) is 78.4 Å². The van der Waals surface area contributed by atoms with Gasteiger partial charge in [0.05, 0.1) is 29.5 Å². The molecule has 0 bridgehead atoms. The van der Waals surface area contributed by atoms with Gasteiger partial charge in [0.2, 0.25) is 5.91 Å². The molecular weight excluding hydrogens is 404 g/mol. The minimum atomic E-state index is -0.265. The Hall–Kier alpha value is -3.91. The van der Waals surface area contributed by atoms with Crippen molar-refractivity contribution in [3.63, 3.8) is 0 Å². The van der Waals surface area contributed by atoms with Crippen molar-refractivity contribution in [3.05, 3.63) is 84.0 Å². The number of aromatic nitrogens is 2. The standard InChI is InChI=1S/C24H28N6O2/c1-16(2)18(12-25)10-22(26)30-23-9-8-20-21(29-23)11-19(13-27-20)28-24(31)15-32-14-17-6-4-3-5-7-17/h3-13,16H,14-15,25-26H2,1-2H3,(H,28,31)(H,29,30)/b18-12+,22-10+. The summed E-state index contributed by atoms with van der Waals surface area (Å²) in [5.41, 5.74) is 15.5. The summed E-state index contributed by atoms with van der Waals surface area (Å²) in [4.78, 5) is 21.1. The number of allylic oxidation sites excluding steroid dienone is 2. The van der Waals surface area contributed by atoms with Gasteiger partial charge in [-0.25, -0.2) is 4.98 Å². The maximum absolute atomic E-state index is 12.2. The van der Waals surface area contributed by atoms with Crippen molar-refractivity contribution in [2.45, 2.75) is 20.5 Å². The van der Waals surface area contributed by atoms with Crippen molar-refractivity contribution in [3.8, 4) is 0 Å². The molecule has 0 atom stereocenters. The quantitative estimate of drug-likeness (QED) is 0.381. The maximum Gasteiger partial charge on any atom is 0.250 e. The van der Waals surface area contributed by atoms with E-state index in [1.807, 2.05) is 50.2 Å². The van der Waals surface area contributed by atoms with Gasteiger partial charge in [0.15, 0.2) is 0 Å². The lowest BCUT2D eigenvalue weighted by atomic mass is 10.0. The first kappa shape index (κ1) is 22.8. The van der Waals surface area contributed by atoms with E-state index < -0.39 is 0 Å². The van der Waals surface area contributed by atoms with E-state index in [4.69, 9.17) is 16.2 Å². The van der Waals surface area contributed by atoms with Gasteiger partial charge in [0.25, 0.3) is 0 Å². The molecule has 0 fully saturated rings. The Morgan fingerprint density at radius 3 is 2.62 bits per heavy atom. The van der Waals surface area contributed by atoms with E-state index in [1.54, 1.807) is 24.4 Å². The Kier molecular flexibility index (Phi) is 7.77. The lowest BCUT2D eigenvalue weighted by Crippen LogP contribution is -2.18. The number of carbonyl (C=O) groups excluding carboxylic acids is 1. The number of rotatable bonds is 9. The number of benzene rings is 1. The van der Waals surface area contributed by atoms with Crippen LogP contribution >= 0.6 is 0 Å². The molecule has 0 aliphatic carbocycles. The second-order valence-corrected chi connectivity index (χ2v) is 7.53. The molecular formula is C24H28N6O2. The Balaban J connectivity index is 1.63. The molecule has 8 nitrogen and oxygen atoms in total. The van der Waals surface area contributed by atoms with Crippen LogP contribution in [0, 0.1) is 5.92 Å². The molecule has 0 unspecified atom stereocenters. The number of hydrogen-bond acceptors (Lipinski definition) is 7. The third-order valence-electron chi connectivity index (χ3n) is 4.62. The zero-order valence-corrected chi connectivity index (χ0v) is 18.2. The monoisotopic (exact) mass is 432 g/mol. The number of amides is 1. The highest BCUT2D eigenvalue weighted by Gasteiger charge is 2.07. The number of nitrogens with one attached hydrogen (secondary N) is 2. The largest absolute Gasteiger partial charge is 0.404 e. The fourth-order valence-electron chi connectivity index (χ4n) is 2.95. The van der Waals surface area contributed by atoms with Gasteiger partial charge < -0.3 is 26.8 Å². The van der Waals surface area contributed by atoms with Gasteiger partial charge in [-0.3, -0.25) is 9.78 Å². The molecule has 0 saturated carbocycles. The summed E-state index contributed by atoms with van der Waals surface area (Å²) >= 11 is 0. The van der Waals surface area contributed by atoms with Crippen LogP contribution < -0.4 is 22.1 Å². The molecule has 1 aromatic carbocycles. The highest BCUT2D eigenvalue weighted by Crippen LogP contribution is 2.18. The van der Waals surface area contributed by atoms with Crippen LogP contribution in [-0.4, -0.2) is 22.5 Å². The second-order valence-electron chi connectivity index (χ2n) is 7.53. The summed E-state index contributed by atoms with van der Waals surface area (Å²) in [5, 5.41) is 5.84. The number of fused-ring (bicyclic) bond motifs is 1. The maximum atomic E-state index is 12.2. The molecule has 3 aromatic rings. The summed E-state index contributed by atoms with van der Waals surface area (Å²) in [5.74, 6) is 0.966. The van der Waals surface area contributed by atoms with Gasteiger partial charge in [-0.05, 0) is 47.5 Å². The minimum Gasteiger partial charge on any atom is -0.404 e. The molecule has 0 aliphatic heterocycles. The molecule has 166 valence electrons. The number of hydrogen-bond donors (Lipinski definition) is 4. The topological polar surface area (TPSA) is 128 Å². The molecule has 32 heavy (non-hydrogen) atoms. The van der Waals surface area contributed by atoms with Crippen LogP contribution in [0.5, 0.6) is 0 Å². The van der Waals surface area contributed by atoms with Gasteiger partial charge in [-0.15, -0.1) is 0 Å². The second kappa shape index (κ2) is 10.9. The Labute approximate surface area is 187 Å². The average molecular weight is 433 g/mol. The summed E-state index contributed by atoms with van der Waals surface area (Å²) < 4.78 is 5.47. The van der Waals surface area contributed by atoms with Gasteiger partial charge in [0.1, 0.15) is 18.2 Å². The number of anilines is 2. The van der Waals surface area contributed by atoms with E-state index in [0.29, 0.717) is 35.0 Å². The molecule has 8 heteroatoms. The molecule has 3 rings (SSSR count). The van der Waals surface area contributed by atoms with Crippen molar-refractivity contribution < 1.29 is 9.53 Å². The third kappa shape index (κ3) is 6.55. The van der Waals surface area contributed by atoms with Gasteiger partial charge in [-0.2, -0.15) is 0 Å².